The van der Waals surface area contributed by atoms with Crippen molar-refractivity contribution in [1.29, 1.82) is 0 Å². The fraction of sp³-hybridized carbons (Fsp3) is 0.400. The van der Waals surface area contributed by atoms with Gasteiger partial charge in [0.25, 0.3) is 0 Å². The van der Waals surface area contributed by atoms with Crippen LogP contribution in [0.2, 0.25) is 0 Å². The third kappa shape index (κ3) is 19.5. The summed E-state index contributed by atoms with van der Waals surface area (Å²) in [6, 6.07) is 0. The molecule has 0 saturated heterocycles. The van der Waals surface area contributed by atoms with Gasteiger partial charge in [0.1, 0.15) is 0 Å². The molecule has 0 N–H and O–H groups in total. The molecule has 0 nitrogen and oxygen atoms in total. The first-order valence-electron chi connectivity index (χ1n) is 1.80. The smallest absolute Gasteiger partial charge is 1.00 e. The normalized spacial score (nSPS) is 5.29. The number of allylic oxidation sites excluding steroid dienone is 1. The van der Waals surface area contributed by atoms with Crippen LogP contribution in [-0.2, 0) is 0 Å². The van der Waals surface area contributed by atoms with Crippen LogP contribution in [0.3, 0.4) is 0 Å². The van der Waals surface area contributed by atoms with Crippen LogP contribution in [0.1, 0.15) is 13.3 Å². The van der Waals surface area contributed by atoms with Gasteiger partial charge in [-0.15, -0.1) is 12.7 Å². The Kier molecular flexibility index (Phi) is 35.3. The quantitative estimate of drug-likeness (QED) is 0.268. The van der Waals surface area contributed by atoms with E-state index in [1.807, 2.05) is 13.0 Å². The molecule has 0 aromatic rings. The second-order valence-corrected chi connectivity index (χ2v) is 0.933. The molecule has 0 spiro atoms. The van der Waals surface area contributed by atoms with Crippen LogP contribution in [0.4, 0.5) is 0 Å². The van der Waals surface area contributed by atoms with Gasteiger partial charge in [-0.05, 0) is 0 Å². The summed E-state index contributed by atoms with van der Waals surface area (Å²) in [5, 5.41) is 0. The Morgan fingerprint density at radius 1 is 1.71 bits per heavy atom. The molecule has 0 bridgehead atoms. The number of hydrogen-bond acceptors (Lipinski definition) is 0. The molecule has 0 rings (SSSR count). The second kappa shape index (κ2) is 15.8. The van der Waals surface area contributed by atoms with E-state index in [9.17, 15) is 0 Å². The zero-order valence-electron chi connectivity index (χ0n) is 4.65. The maximum absolute atomic E-state index is 3.52. The minimum absolute atomic E-state index is 0. The predicted octanol–water partition coefficient (Wildman–Crippen LogP) is -1.59. The zero-order valence-corrected chi connectivity index (χ0v) is 7.65. The molecular weight excluding hydrogens is 164 g/mol. The third-order valence-corrected chi connectivity index (χ3v) is 0.402. The maximum atomic E-state index is 3.52. The summed E-state index contributed by atoms with van der Waals surface area (Å²) in [6.07, 6.45) is 4.97. The van der Waals surface area contributed by atoms with Crippen LogP contribution in [0, 0.1) is 6.42 Å². The first-order valence-corrected chi connectivity index (χ1v) is 1.80. The largest absolute Gasteiger partial charge is 2.00 e. The third-order valence-electron chi connectivity index (χ3n) is 0.402. The van der Waals surface area contributed by atoms with Gasteiger partial charge >= 0.3 is 23.1 Å². The summed E-state index contributed by atoms with van der Waals surface area (Å²) in [5.74, 6) is 0. The van der Waals surface area contributed by atoms with E-state index in [0.717, 1.165) is 6.42 Å². The molecule has 0 atom stereocenters. The van der Waals surface area contributed by atoms with E-state index in [2.05, 4.69) is 13.0 Å². The molecule has 38 valence electrons. The van der Waals surface area contributed by atoms with Crippen molar-refractivity contribution in [2.75, 3.05) is 0 Å². The van der Waals surface area contributed by atoms with Gasteiger partial charge in [0.05, 0.1) is 0 Å². The van der Waals surface area contributed by atoms with Crippen molar-refractivity contribution in [1.82, 2.24) is 0 Å². The minimum Gasteiger partial charge on any atom is -1.00 e. The van der Waals surface area contributed by atoms with Crippen molar-refractivity contribution in [3.63, 3.8) is 0 Å². The molecule has 0 amide bonds. The van der Waals surface area contributed by atoms with Crippen LogP contribution in [0.15, 0.2) is 12.7 Å². The molecule has 0 saturated carbocycles. The standard InChI is InChI=1S/C5H9.BrH.Mg/c1-3-5-4-2;;/h3-4H,1,5H2,2H3;1H;/q-1;;+2/p-1. The van der Waals surface area contributed by atoms with Crippen LogP contribution in [0.5, 0.6) is 0 Å². The van der Waals surface area contributed by atoms with Gasteiger partial charge in [-0.3, -0.25) is 0 Å². The molecule has 0 aliphatic carbocycles. The monoisotopic (exact) mass is 172 g/mol. The molecule has 0 heterocycles. The molecule has 0 aromatic carbocycles. The Labute approximate surface area is 72.3 Å². The molecular formula is C5H9BrMg. The fourth-order valence-corrected chi connectivity index (χ4v) is 0.167. The molecule has 0 fully saturated rings. The van der Waals surface area contributed by atoms with Crippen LogP contribution < -0.4 is 17.0 Å². The topological polar surface area (TPSA) is 0 Å². The van der Waals surface area contributed by atoms with Crippen molar-refractivity contribution in [2.24, 2.45) is 0 Å². The van der Waals surface area contributed by atoms with Gasteiger partial charge in [-0.25, -0.2) is 0 Å². The Balaban J connectivity index is -0.0000000800. The SMILES string of the molecule is C=CC[CH-]C.[Br-].[Mg+2]. The molecule has 0 unspecified atom stereocenters. The fourth-order valence-electron chi connectivity index (χ4n) is 0.167. The average molecular weight is 173 g/mol. The Bertz CT molecular complexity index is 29.3. The van der Waals surface area contributed by atoms with E-state index in [1.165, 1.54) is 0 Å². The first-order chi connectivity index (χ1) is 2.41. The van der Waals surface area contributed by atoms with Crippen molar-refractivity contribution >= 4 is 23.1 Å². The van der Waals surface area contributed by atoms with Gasteiger partial charge < -0.3 is 23.4 Å². The van der Waals surface area contributed by atoms with E-state index >= 15 is 0 Å². The van der Waals surface area contributed by atoms with E-state index < -0.39 is 0 Å². The Hall–Kier alpha value is 0.986. The van der Waals surface area contributed by atoms with E-state index in [-0.39, 0.29) is 40.0 Å². The summed E-state index contributed by atoms with van der Waals surface area (Å²) in [4.78, 5) is 0. The Morgan fingerprint density at radius 3 is 2.14 bits per heavy atom. The molecule has 2 heteroatoms. The van der Waals surface area contributed by atoms with Crippen LogP contribution in [0.25, 0.3) is 0 Å². The van der Waals surface area contributed by atoms with Crippen LogP contribution in [-0.4, -0.2) is 23.1 Å². The molecule has 0 aliphatic rings. The molecule has 0 aromatic heterocycles. The predicted molar refractivity (Wildman–Crippen MR) is 30.5 cm³/mol. The van der Waals surface area contributed by atoms with Gasteiger partial charge in [-0.2, -0.15) is 13.3 Å². The maximum Gasteiger partial charge on any atom is 2.00 e. The summed E-state index contributed by atoms with van der Waals surface area (Å²) in [5.41, 5.74) is 0. The zero-order chi connectivity index (χ0) is 4.12. The second-order valence-electron chi connectivity index (χ2n) is 0.933. The summed E-state index contributed by atoms with van der Waals surface area (Å²) >= 11 is 0. The summed E-state index contributed by atoms with van der Waals surface area (Å²) < 4.78 is 0. The van der Waals surface area contributed by atoms with Gasteiger partial charge in [-0.1, -0.05) is 0 Å². The molecule has 7 heavy (non-hydrogen) atoms. The first kappa shape index (κ1) is 15.7. The number of rotatable bonds is 2. The van der Waals surface area contributed by atoms with Gasteiger partial charge in [0.2, 0.25) is 0 Å². The average Bonchev–Trinajstić information content (AvgIpc) is 1.41. The molecule has 0 aliphatic heterocycles. The minimum atomic E-state index is 0. The van der Waals surface area contributed by atoms with Crippen molar-refractivity contribution in [3.05, 3.63) is 19.1 Å². The number of halogens is 1. The van der Waals surface area contributed by atoms with Crippen molar-refractivity contribution in [3.8, 4) is 0 Å². The van der Waals surface area contributed by atoms with E-state index in [4.69, 9.17) is 0 Å². The number of unbranched alkanes of at least 4 members (excludes halogenated alkanes) is 1. The van der Waals surface area contributed by atoms with Gasteiger partial charge in [0, 0.05) is 0 Å². The summed E-state index contributed by atoms with van der Waals surface area (Å²) in [7, 11) is 0. The molecule has 0 radical (unpaired) electrons. The van der Waals surface area contributed by atoms with Gasteiger partial charge in [0.15, 0.2) is 0 Å². The van der Waals surface area contributed by atoms with E-state index in [1.54, 1.807) is 0 Å². The number of hydrogen-bond donors (Lipinski definition) is 0. The van der Waals surface area contributed by atoms with Crippen molar-refractivity contribution in [2.45, 2.75) is 13.3 Å². The van der Waals surface area contributed by atoms with E-state index in [0.29, 0.717) is 0 Å². The Morgan fingerprint density at radius 2 is 2.14 bits per heavy atom. The van der Waals surface area contributed by atoms with Crippen molar-refractivity contribution < 1.29 is 17.0 Å². The summed E-state index contributed by atoms with van der Waals surface area (Å²) in [6.45, 7) is 5.53. The van der Waals surface area contributed by atoms with Crippen LogP contribution >= 0.6 is 0 Å².